The maximum absolute atomic E-state index is 9.49. The van der Waals surface area contributed by atoms with Gasteiger partial charge in [-0.2, -0.15) is 0 Å². The number of rotatable bonds is 6. The van der Waals surface area contributed by atoms with Crippen LogP contribution >= 0.6 is 15.9 Å². The summed E-state index contributed by atoms with van der Waals surface area (Å²) in [6, 6.07) is 7.57. The molecule has 0 atom stereocenters. The van der Waals surface area contributed by atoms with E-state index in [2.05, 4.69) is 15.9 Å². The summed E-state index contributed by atoms with van der Waals surface area (Å²) in [5.41, 5.74) is 0.153. The zero-order chi connectivity index (χ0) is 12.0. The quantitative estimate of drug-likeness (QED) is 0.838. The lowest BCUT2D eigenvalue weighted by atomic mass is 9.83. The van der Waals surface area contributed by atoms with Crippen LogP contribution in [0.2, 0.25) is 0 Å². The van der Waals surface area contributed by atoms with Crippen LogP contribution < -0.4 is 0 Å². The van der Waals surface area contributed by atoms with E-state index in [1.54, 1.807) is 0 Å². The number of hydrogen-bond donors (Lipinski definition) is 2. The minimum atomic E-state index is -0.722. The molecule has 1 rings (SSSR count). The van der Waals surface area contributed by atoms with Crippen LogP contribution in [0.1, 0.15) is 12.5 Å². The molecule has 0 aliphatic carbocycles. The highest BCUT2D eigenvalue weighted by atomic mass is 79.9. The standard InChI is InChI=1S/C12H17BrO3/c1-2-16-9-12(7-14,8-15)10-4-3-5-11(13)6-10/h3-6,14-15H,2,7-9H2,1H3. The first-order chi connectivity index (χ1) is 7.68. The lowest BCUT2D eigenvalue weighted by Gasteiger charge is -2.30. The monoisotopic (exact) mass is 288 g/mol. The normalized spacial score (nSPS) is 11.8. The van der Waals surface area contributed by atoms with Gasteiger partial charge in [0.25, 0.3) is 0 Å². The Morgan fingerprint density at radius 3 is 2.50 bits per heavy atom. The minimum Gasteiger partial charge on any atom is -0.395 e. The molecule has 1 aromatic rings. The molecule has 0 aromatic heterocycles. The van der Waals surface area contributed by atoms with Gasteiger partial charge in [0.1, 0.15) is 0 Å². The van der Waals surface area contributed by atoms with Crippen molar-refractivity contribution in [1.29, 1.82) is 0 Å². The molecule has 0 aliphatic rings. The molecule has 0 fully saturated rings. The Labute approximate surface area is 104 Å². The third-order valence-corrected chi connectivity index (χ3v) is 3.12. The molecule has 3 nitrogen and oxygen atoms in total. The molecule has 0 saturated carbocycles. The second-order valence-corrected chi connectivity index (χ2v) is 4.66. The Morgan fingerprint density at radius 1 is 1.31 bits per heavy atom. The highest BCUT2D eigenvalue weighted by Gasteiger charge is 2.31. The van der Waals surface area contributed by atoms with E-state index < -0.39 is 5.41 Å². The van der Waals surface area contributed by atoms with Crippen LogP contribution in [0.3, 0.4) is 0 Å². The Kier molecular flexibility index (Phi) is 5.41. The van der Waals surface area contributed by atoms with Crippen molar-refractivity contribution in [3.63, 3.8) is 0 Å². The lowest BCUT2D eigenvalue weighted by Crippen LogP contribution is -2.39. The van der Waals surface area contributed by atoms with Crippen molar-refractivity contribution in [1.82, 2.24) is 0 Å². The molecule has 0 bridgehead atoms. The summed E-state index contributed by atoms with van der Waals surface area (Å²) >= 11 is 3.38. The van der Waals surface area contributed by atoms with Crippen LogP contribution in [0.25, 0.3) is 0 Å². The number of ether oxygens (including phenoxy) is 1. The van der Waals surface area contributed by atoms with Gasteiger partial charge in [-0.3, -0.25) is 0 Å². The number of benzene rings is 1. The number of halogens is 1. The lowest BCUT2D eigenvalue weighted by molar-refractivity contribution is 0.0248. The fraction of sp³-hybridized carbons (Fsp3) is 0.500. The van der Waals surface area contributed by atoms with Gasteiger partial charge in [-0.25, -0.2) is 0 Å². The van der Waals surface area contributed by atoms with Crippen LogP contribution in [0.5, 0.6) is 0 Å². The first-order valence-electron chi connectivity index (χ1n) is 5.24. The highest BCUT2D eigenvalue weighted by Crippen LogP contribution is 2.26. The molecule has 0 spiro atoms. The molecule has 16 heavy (non-hydrogen) atoms. The van der Waals surface area contributed by atoms with Gasteiger partial charge >= 0.3 is 0 Å². The first kappa shape index (κ1) is 13.6. The number of hydrogen-bond acceptors (Lipinski definition) is 3. The molecule has 0 aliphatic heterocycles. The van der Waals surface area contributed by atoms with Gasteiger partial charge in [0.05, 0.1) is 25.2 Å². The van der Waals surface area contributed by atoms with E-state index in [0.29, 0.717) is 13.2 Å². The van der Waals surface area contributed by atoms with Gasteiger partial charge in [0.2, 0.25) is 0 Å². The van der Waals surface area contributed by atoms with Crippen molar-refractivity contribution in [2.75, 3.05) is 26.4 Å². The van der Waals surface area contributed by atoms with Crippen LogP contribution in [0, 0.1) is 0 Å². The second-order valence-electron chi connectivity index (χ2n) is 3.74. The van der Waals surface area contributed by atoms with Crippen molar-refractivity contribution >= 4 is 15.9 Å². The van der Waals surface area contributed by atoms with Gasteiger partial charge in [-0.1, -0.05) is 28.1 Å². The van der Waals surface area contributed by atoms with E-state index in [9.17, 15) is 10.2 Å². The predicted molar refractivity (Wildman–Crippen MR) is 66.5 cm³/mol. The zero-order valence-electron chi connectivity index (χ0n) is 9.32. The minimum absolute atomic E-state index is 0.139. The predicted octanol–water partition coefficient (Wildman–Crippen LogP) is 1.71. The molecular formula is C12H17BrO3. The summed E-state index contributed by atoms with van der Waals surface area (Å²) < 4.78 is 6.26. The second kappa shape index (κ2) is 6.35. The summed E-state index contributed by atoms with van der Waals surface area (Å²) in [4.78, 5) is 0. The SMILES string of the molecule is CCOCC(CO)(CO)c1cccc(Br)c1. The smallest absolute Gasteiger partial charge is 0.0648 e. The van der Waals surface area contributed by atoms with Crippen molar-refractivity contribution in [3.05, 3.63) is 34.3 Å². The van der Waals surface area contributed by atoms with Crippen LogP contribution in [0.4, 0.5) is 0 Å². The molecule has 90 valence electrons. The Bertz CT molecular complexity index is 324. The molecule has 0 heterocycles. The Balaban J connectivity index is 2.99. The average Bonchev–Trinajstić information content (AvgIpc) is 2.31. The largest absolute Gasteiger partial charge is 0.395 e. The van der Waals surface area contributed by atoms with Gasteiger partial charge in [-0.05, 0) is 24.6 Å². The van der Waals surface area contributed by atoms with E-state index in [0.717, 1.165) is 10.0 Å². The zero-order valence-corrected chi connectivity index (χ0v) is 10.9. The molecule has 4 heteroatoms. The summed E-state index contributed by atoms with van der Waals surface area (Å²) in [6.07, 6.45) is 0. The fourth-order valence-corrected chi connectivity index (χ4v) is 1.92. The first-order valence-corrected chi connectivity index (χ1v) is 6.03. The molecule has 1 aromatic carbocycles. The summed E-state index contributed by atoms with van der Waals surface area (Å²) in [5.74, 6) is 0. The summed E-state index contributed by atoms with van der Waals surface area (Å²) in [6.45, 7) is 2.49. The van der Waals surface area contributed by atoms with Crippen LogP contribution in [0.15, 0.2) is 28.7 Å². The average molecular weight is 289 g/mol. The Hall–Kier alpha value is -0.420. The third kappa shape index (κ3) is 3.04. The molecule has 0 amide bonds. The van der Waals surface area contributed by atoms with Gasteiger partial charge in [0, 0.05) is 11.1 Å². The summed E-state index contributed by atoms with van der Waals surface area (Å²) in [5, 5.41) is 19.0. The summed E-state index contributed by atoms with van der Waals surface area (Å²) in [7, 11) is 0. The molecule has 0 saturated heterocycles. The fourth-order valence-electron chi connectivity index (χ4n) is 1.52. The van der Waals surface area contributed by atoms with Crippen LogP contribution in [-0.4, -0.2) is 36.6 Å². The molecule has 0 unspecified atom stereocenters. The van der Waals surface area contributed by atoms with Crippen molar-refractivity contribution in [2.24, 2.45) is 0 Å². The van der Waals surface area contributed by atoms with Crippen molar-refractivity contribution < 1.29 is 14.9 Å². The van der Waals surface area contributed by atoms with Gasteiger partial charge in [0.15, 0.2) is 0 Å². The topological polar surface area (TPSA) is 49.7 Å². The van der Waals surface area contributed by atoms with E-state index in [1.165, 1.54) is 0 Å². The van der Waals surface area contributed by atoms with Crippen molar-refractivity contribution in [3.8, 4) is 0 Å². The van der Waals surface area contributed by atoms with Crippen LogP contribution in [-0.2, 0) is 10.2 Å². The maximum atomic E-state index is 9.49. The van der Waals surface area contributed by atoms with E-state index in [-0.39, 0.29) is 13.2 Å². The van der Waals surface area contributed by atoms with E-state index in [4.69, 9.17) is 4.74 Å². The van der Waals surface area contributed by atoms with Gasteiger partial charge in [-0.15, -0.1) is 0 Å². The Morgan fingerprint density at radius 2 is 2.00 bits per heavy atom. The highest BCUT2D eigenvalue weighted by molar-refractivity contribution is 9.10. The molecule has 0 radical (unpaired) electrons. The van der Waals surface area contributed by atoms with Crippen molar-refractivity contribution in [2.45, 2.75) is 12.3 Å². The molecule has 2 N–H and O–H groups in total. The maximum Gasteiger partial charge on any atom is 0.0648 e. The van der Waals surface area contributed by atoms with E-state index >= 15 is 0 Å². The number of aliphatic hydroxyl groups excluding tert-OH is 2. The third-order valence-electron chi connectivity index (χ3n) is 2.62. The van der Waals surface area contributed by atoms with Gasteiger partial charge < -0.3 is 14.9 Å². The number of aliphatic hydroxyl groups is 2. The molecular weight excluding hydrogens is 272 g/mol. The van der Waals surface area contributed by atoms with E-state index in [1.807, 2.05) is 31.2 Å².